The number of carbonyl (C=O) groups is 2. The maximum atomic E-state index is 11.4. The summed E-state index contributed by atoms with van der Waals surface area (Å²) >= 11 is 0. The van der Waals surface area contributed by atoms with Crippen LogP contribution >= 0.6 is 0 Å². The van der Waals surface area contributed by atoms with E-state index in [1.807, 2.05) is 0 Å². The third kappa shape index (κ3) is 5.04. The summed E-state index contributed by atoms with van der Waals surface area (Å²) in [5.74, 6) is -0.909. The molecule has 0 heterocycles. The van der Waals surface area contributed by atoms with Crippen LogP contribution in [0.2, 0.25) is 0 Å². The number of hydrogen-bond donors (Lipinski definition) is 3. The molecule has 1 atom stereocenters. The molecule has 1 aliphatic carbocycles. The Bertz CT molecular complexity index is 277. The Morgan fingerprint density at radius 1 is 1.47 bits per heavy atom. The summed E-state index contributed by atoms with van der Waals surface area (Å²) in [7, 11) is 1.66. The van der Waals surface area contributed by atoms with E-state index in [1.54, 1.807) is 14.0 Å². The molecule has 0 radical (unpaired) electrons. The van der Waals surface area contributed by atoms with E-state index in [4.69, 9.17) is 9.84 Å². The molecule has 1 unspecified atom stereocenters. The molecule has 0 spiro atoms. The summed E-state index contributed by atoms with van der Waals surface area (Å²) in [6, 6.07) is -0.0588. The highest BCUT2D eigenvalue weighted by molar-refractivity contribution is 5.74. The van der Waals surface area contributed by atoms with Crippen molar-refractivity contribution in [3.8, 4) is 0 Å². The first-order chi connectivity index (χ1) is 8.01. The molecule has 0 aromatic rings. The van der Waals surface area contributed by atoms with E-state index in [-0.39, 0.29) is 30.5 Å². The normalized spacial score (nSPS) is 24.6. The van der Waals surface area contributed by atoms with Crippen LogP contribution in [0, 0.1) is 5.92 Å². The van der Waals surface area contributed by atoms with Crippen LogP contribution in [0.25, 0.3) is 0 Å². The minimum Gasteiger partial charge on any atom is -0.481 e. The molecule has 6 heteroatoms. The fraction of sp³-hybridized carbons (Fsp3) is 0.818. The molecule has 6 nitrogen and oxygen atoms in total. The lowest BCUT2D eigenvalue weighted by Gasteiger charge is -2.34. The zero-order chi connectivity index (χ0) is 12.8. The Morgan fingerprint density at radius 3 is 2.65 bits per heavy atom. The Kier molecular flexibility index (Phi) is 5.21. The van der Waals surface area contributed by atoms with Crippen molar-refractivity contribution in [3.05, 3.63) is 0 Å². The first-order valence-corrected chi connectivity index (χ1v) is 5.80. The molecule has 1 saturated carbocycles. The van der Waals surface area contributed by atoms with Crippen LogP contribution in [-0.4, -0.2) is 42.9 Å². The number of ether oxygens (including phenoxy) is 1. The van der Waals surface area contributed by atoms with E-state index in [1.165, 1.54) is 0 Å². The van der Waals surface area contributed by atoms with Crippen molar-refractivity contribution in [1.29, 1.82) is 0 Å². The number of urea groups is 1. The van der Waals surface area contributed by atoms with E-state index < -0.39 is 5.97 Å². The van der Waals surface area contributed by atoms with Crippen molar-refractivity contribution < 1.29 is 19.4 Å². The minimum absolute atomic E-state index is 0.0636. The summed E-state index contributed by atoms with van der Waals surface area (Å²) in [4.78, 5) is 21.8. The summed E-state index contributed by atoms with van der Waals surface area (Å²) in [5.41, 5.74) is 0. The van der Waals surface area contributed by atoms with Gasteiger partial charge in [0.25, 0.3) is 0 Å². The van der Waals surface area contributed by atoms with Crippen LogP contribution in [0.3, 0.4) is 0 Å². The van der Waals surface area contributed by atoms with Crippen LogP contribution in [0.1, 0.15) is 26.2 Å². The number of carboxylic acid groups (broad SMARTS) is 1. The summed E-state index contributed by atoms with van der Waals surface area (Å²) in [5, 5.41) is 14.0. The molecule has 1 fully saturated rings. The number of rotatable bonds is 6. The highest BCUT2D eigenvalue weighted by atomic mass is 16.5. The van der Waals surface area contributed by atoms with Crippen LogP contribution in [0.5, 0.6) is 0 Å². The van der Waals surface area contributed by atoms with E-state index in [0.29, 0.717) is 6.54 Å². The van der Waals surface area contributed by atoms with Gasteiger partial charge in [-0.3, -0.25) is 4.79 Å². The topological polar surface area (TPSA) is 87.7 Å². The lowest BCUT2D eigenvalue weighted by atomic mass is 9.89. The molecule has 0 saturated heterocycles. The van der Waals surface area contributed by atoms with Gasteiger partial charge < -0.3 is 20.5 Å². The Balaban J connectivity index is 2.07. The fourth-order valence-corrected chi connectivity index (χ4v) is 1.75. The monoisotopic (exact) mass is 244 g/mol. The van der Waals surface area contributed by atoms with Gasteiger partial charge in [0.05, 0.1) is 6.10 Å². The second-order valence-corrected chi connectivity index (χ2v) is 4.58. The standard InChI is InChI=1S/C11H20N2O4/c1-7(3-10(14)15)6-12-11(16)13-8-4-9(5-8)17-2/h7-9H,3-6H2,1-2H3,(H,14,15)(H2,12,13,16). The molecular weight excluding hydrogens is 224 g/mol. The van der Waals surface area contributed by atoms with Gasteiger partial charge in [0, 0.05) is 26.1 Å². The first-order valence-electron chi connectivity index (χ1n) is 5.80. The smallest absolute Gasteiger partial charge is 0.315 e. The van der Waals surface area contributed by atoms with Crippen molar-refractivity contribution in [2.24, 2.45) is 5.92 Å². The van der Waals surface area contributed by atoms with Crippen molar-refractivity contribution in [2.45, 2.75) is 38.3 Å². The predicted octanol–water partition coefficient (Wildman–Crippen LogP) is 0.574. The largest absolute Gasteiger partial charge is 0.481 e. The summed E-state index contributed by atoms with van der Waals surface area (Å²) in [6.07, 6.45) is 2.00. The maximum Gasteiger partial charge on any atom is 0.315 e. The fourth-order valence-electron chi connectivity index (χ4n) is 1.75. The molecule has 0 bridgehead atoms. The number of amides is 2. The Hall–Kier alpha value is -1.30. The second-order valence-electron chi connectivity index (χ2n) is 4.58. The number of hydrogen-bond acceptors (Lipinski definition) is 3. The molecule has 17 heavy (non-hydrogen) atoms. The highest BCUT2D eigenvalue weighted by Crippen LogP contribution is 2.22. The van der Waals surface area contributed by atoms with Gasteiger partial charge in [-0.25, -0.2) is 4.79 Å². The number of carbonyl (C=O) groups excluding carboxylic acids is 1. The van der Waals surface area contributed by atoms with Gasteiger partial charge in [0.1, 0.15) is 0 Å². The van der Waals surface area contributed by atoms with E-state index in [9.17, 15) is 9.59 Å². The molecule has 0 aliphatic heterocycles. The minimum atomic E-state index is -0.846. The highest BCUT2D eigenvalue weighted by Gasteiger charge is 2.29. The van der Waals surface area contributed by atoms with Crippen molar-refractivity contribution in [3.63, 3.8) is 0 Å². The molecule has 0 aromatic heterocycles. The summed E-state index contributed by atoms with van der Waals surface area (Å²) in [6.45, 7) is 2.16. The lowest BCUT2D eigenvalue weighted by molar-refractivity contribution is -0.137. The van der Waals surface area contributed by atoms with Crippen LogP contribution < -0.4 is 10.6 Å². The molecule has 98 valence electrons. The molecule has 1 rings (SSSR count). The van der Waals surface area contributed by atoms with Gasteiger partial charge in [-0.1, -0.05) is 6.92 Å². The zero-order valence-electron chi connectivity index (χ0n) is 10.2. The van der Waals surface area contributed by atoms with Gasteiger partial charge in [0.15, 0.2) is 0 Å². The van der Waals surface area contributed by atoms with E-state index in [2.05, 4.69) is 10.6 Å². The molecule has 1 aliphatic rings. The first kappa shape index (κ1) is 13.8. The molecule has 0 aromatic carbocycles. The van der Waals surface area contributed by atoms with Crippen molar-refractivity contribution in [1.82, 2.24) is 10.6 Å². The molecular formula is C11H20N2O4. The zero-order valence-corrected chi connectivity index (χ0v) is 10.2. The van der Waals surface area contributed by atoms with Crippen molar-refractivity contribution >= 4 is 12.0 Å². The third-order valence-electron chi connectivity index (χ3n) is 2.90. The van der Waals surface area contributed by atoms with Crippen LogP contribution in [-0.2, 0) is 9.53 Å². The Morgan fingerprint density at radius 2 is 2.12 bits per heavy atom. The van der Waals surface area contributed by atoms with Crippen LogP contribution in [0.4, 0.5) is 4.79 Å². The summed E-state index contributed by atoms with van der Waals surface area (Å²) < 4.78 is 5.10. The SMILES string of the molecule is COC1CC(NC(=O)NCC(C)CC(=O)O)C1. The van der Waals surface area contributed by atoms with Gasteiger partial charge in [0.2, 0.25) is 0 Å². The van der Waals surface area contributed by atoms with Crippen molar-refractivity contribution in [2.75, 3.05) is 13.7 Å². The van der Waals surface area contributed by atoms with Gasteiger partial charge in [-0.2, -0.15) is 0 Å². The maximum absolute atomic E-state index is 11.4. The molecule has 2 amide bonds. The number of carboxylic acids is 1. The third-order valence-corrected chi connectivity index (χ3v) is 2.90. The van der Waals surface area contributed by atoms with E-state index in [0.717, 1.165) is 12.8 Å². The average Bonchev–Trinajstić information content (AvgIpc) is 2.18. The molecule has 3 N–H and O–H groups in total. The van der Waals surface area contributed by atoms with Gasteiger partial charge >= 0.3 is 12.0 Å². The Labute approximate surface area is 101 Å². The number of aliphatic carboxylic acids is 1. The quantitative estimate of drug-likeness (QED) is 0.637. The average molecular weight is 244 g/mol. The predicted molar refractivity (Wildman–Crippen MR) is 61.8 cm³/mol. The number of nitrogens with one attached hydrogen (secondary N) is 2. The number of methoxy groups -OCH3 is 1. The second kappa shape index (κ2) is 6.44. The van der Waals surface area contributed by atoms with E-state index >= 15 is 0 Å². The van der Waals surface area contributed by atoms with Gasteiger partial charge in [-0.05, 0) is 18.8 Å². The van der Waals surface area contributed by atoms with Crippen LogP contribution in [0.15, 0.2) is 0 Å². The van der Waals surface area contributed by atoms with Gasteiger partial charge in [-0.15, -0.1) is 0 Å². The lowest BCUT2D eigenvalue weighted by Crippen LogP contribution is -2.51.